The van der Waals surface area contributed by atoms with E-state index in [2.05, 4.69) is 20.9 Å². The van der Waals surface area contributed by atoms with E-state index in [0.29, 0.717) is 16.8 Å². The van der Waals surface area contributed by atoms with Crippen LogP contribution in [0.2, 0.25) is 0 Å². The maximum absolute atomic E-state index is 12.2. The van der Waals surface area contributed by atoms with Crippen molar-refractivity contribution in [1.82, 2.24) is 4.98 Å². The molecule has 0 aliphatic heterocycles. The van der Waals surface area contributed by atoms with E-state index >= 15 is 0 Å². The molecular formula is C13H11BrN2O. The first-order valence-electron chi connectivity index (χ1n) is 5.08. The minimum absolute atomic E-state index is 0.0748. The summed E-state index contributed by atoms with van der Waals surface area (Å²) in [7, 11) is 0. The highest BCUT2D eigenvalue weighted by Crippen LogP contribution is 2.19. The van der Waals surface area contributed by atoms with Crippen molar-refractivity contribution < 1.29 is 4.79 Å². The molecule has 0 aliphatic carbocycles. The van der Waals surface area contributed by atoms with Crippen LogP contribution >= 0.6 is 15.9 Å². The SMILES string of the molecule is Cc1cncc(C(=O)c2cc(N)cc(Br)c2)c1. The second kappa shape index (κ2) is 4.67. The van der Waals surface area contributed by atoms with Gasteiger partial charge in [-0.25, -0.2) is 0 Å². The number of rotatable bonds is 2. The summed E-state index contributed by atoms with van der Waals surface area (Å²) >= 11 is 3.32. The molecule has 0 atom stereocenters. The zero-order chi connectivity index (χ0) is 12.4. The molecule has 1 heterocycles. The number of nitrogen functional groups attached to an aromatic ring is 1. The van der Waals surface area contributed by atoms with Crippen molar-refractivity contribution in [2.24, 2.45) is 0 Å². The lowest BCUT2D eigenvalue weighted by molar-refractivity contribution is 0.103. The van der Waals surface area contributed by atoms with Crippen molar-refractivity contribution in [2.45, 2.75) is 6.92 Å². The second-order valence-electron chi connectivity index (χ2n) is 3.85. The van der Waals surface area contributed by atoms with E-state index < -0.39 is 0 Å². The Morgan fingerprint density at radius 3 is 2.59 bits per heavy atom. The summed E-state index contributed by atoms with van der Waals surface area (Å²) in [5.41, 5.74) is 8.35. The molecule has 17 heavy (non-hydrogen) atoms. The molecule has 0 saturated carbocycles. The number of aryl methyl sites for hydroxylation is 1. The van der Waals surface area contributed by atoms with Crippen LogP contribution < -0.4 is 5.73 Å². The van der Waals surface area contributed by atoms with Crippen LogP contribution in [0.25, 0.3) is 0 Å². The Hall–Kier alpha value is -1.68. The van der Waals surface area contributed by atoms with Gasteiger partial charge in [-0.2, -0.15) is 0 Å². The van der Waals surface area contributed by atoms with Gasteiger partial charge in [0, 0.05) is 33.7 Å². The molecule has 2 rings (SSSR count). The second-order valence-corrected chi connectivity index (χ2v) is 4.77. The van der Waals surface area contributed by atoms with Crippen LogP contribution in [0.3, 0.4) is 0 Å². The Morgan fingerprint density at radius 1 is 1.18 bits per heavy atom. The maximum Gasteiger partial charge on any atom is 0.194 e. The number of nitrogens with two attached hydrogens (primary N) is 1. The number of carbonyl (C=O) groups excluding carboxylic acids is 1. The van der Waals surface area contributed by atoms with Gasteiger partial charge in [-0.15, -0.1) is 0 Å². The molecule has 0 unspecified atom stereocenters. The van der Waals surface area contributed by atoms with E-state index in [1.807, 2.05) is 13.0 Å². The quantitative estimate of drug-likeness (QED) is 0.683. The summed E-state index contributed by atoms with van der Waals surface area (Å²) in [5, 5.41) is 0. The number of halogens is 1. The van der Waals surface area contributed by atoms with E-state index in [-0.39, 0.29) is 5.78 Å². The van der Waals surface area contributed by atoms with E-state index in [0.717, 1.165) is 10.0 Å². The fourth-order valence-electron chi connectivity index (χ4n) is 1.59. The van der Waals surface area contributed by atoms with Crippen LogP contribution in [-0.4, -0.2) is 10.8 Å². The molecule has 0 amide bonds. The molecule has 1 aromatic heterocycles. The first kappa shape index (κ1) is 11.8. The average Bonchev–Trinajstić information content (AvgIpc) is 2.26. The molecule has 86 valence electrons. The monoisotopic (exact) mass is 290 g/mol. The van der Waals surface area contributed by atoms with Crippen LogP contribution in [0.4, 0.5) is 5.69 Å². The number of hydrogen-bond acceptors (Lipinski definition) is 3. The number of anilines is 1. The smallest absolute Gasteiger partial charge is 0.194 e. The van der Waals surface area contributed by atoms with Gasteiger partial charge in [0.05, 0.1) is 0 Å². The predicted octanol–water partition coefficient (Wildman–Crippen LogP) is 2.97. The van der Waals surface area contributed by atoms with Crippen molar-refractivity contribution in [3.8, 4) is 0 Å². The number of carbonyl (C=O) groups is 1. The lowest BCUT2D eigenvalue weighted by Crippen LogP contribution is -2.03. The van der Waals surface area contributed by atoms with E-state index in [9.17, 15) is 4.79 Å². The van der Waals surface area contributed by atoms with Crippen molar-refractivity contribution in [2.75, 3.05) is 5.73 Å². The van der Waals surface area contributed by atoms with Gasteiger partial charge in [-0.05, 0) is 36.8 Å². The highest BCUT2D eigenvalue weighted by Gasteiger charge is 2.10. The van der Waals surface area contributed by atoms with Gasteiger partial charge in [0.25, 0.3) is 0 Å². The lowest BCUT2D eigenvalue weighted by atomic mass is 10.0. The zero-order valence-electron chi connectivity index (χ0n) is 9.27. The van der Waals surface area contributed by atoms with E-state index in [4.69, 9.17) is 5.73 Å². The molecule has 0 aliphatic rings. The number of aromatic nitrogens is 1. The number of benzene rings is 1. The van der Waals surface area contributed by atoms with Crippen molar-refractivity contribution in [3.05, 3.63) is 57.8 Å². The summed E-state index contributed by atoms with van der Waals surface area (Å²) in [4.78, 5) is 16.2. The third-order valence-electron chi connectivity index (χ3n) is 2.32. The topological polar surface area (TPSA) is 56.0 Å². The first-order valence-corrected chi connectivity index (χ1v) is 5.88. The number of nitrogens with zero attached hydrogens (tertiary/aromatic N) is 1. The number of ketones is 1. The van der Waals surface area contributed by atoms with Gasteiger partial charge in [0.2, 0.25) is 0 Å². The van der Waals surface area contributed by atoms with Crippen molar-refractivity contribution >= 4 is 27.4 Å². The van der Waals surface area contributed by atoms with Crippen LogP contribution in [0, 0.1) is 6.92 Å². The molecule has 1 aromatic carbocycles. The summed E-state index contributed by atoms with van der Waals surface area (Å²) in [6, 6.07) is 6.98. The summed E-state index contributed by atoms with van der Waals surface area (Å²) in [5.74, 6) is -0.0748. The van der Waals surface area contributed by atoms with Gasteiger partial charge in [0.1, 0.15) is 0 Å². The van der Waals surface area contributed by atoms with Crippen molar-refractivity contribution in [1.29, 1.82) is 0 Å². The molecular weight excluding hydrogens is 280 g/mol. The molecule has 4 heteroatoms. The molecule has 2 aromatic rings. The highest BCUT2D eigenvalue weighted by molar-refractivity contribution is 9.10. The average molecular weight is 291 g/mol. The van der Waals surface area contributed by atoms with Crippen LogP contribution in [0.5, 0.6) is 0 Å². The van der Waals surface area contributed by atoms with Gasteiger partial charge in [0.15, 0.2) is 5.78 Å². The number of pyridine rings is 1. The lowest BCUT2D eigenvalue weighted by Gasteiger charge is -2.04. The Labute approximate surface area is 108 Å². The predicted molar refractivity (Wildman–Crippen MR) is 71.0 cm³/mol. The third kappa shape index (κ3) is 2.71. The molecule has 0 fully saturated rings. The summed E-state index contributed by atoms with van der Waals surface area (Å²) in [6.45, 7) is 1.90. The van der Waals surface area contributed by atoms with E-state index in [1.165, 1.54) is 0 Å². The largest absolute Gasteiger partial charge is 0.399 e. The molecule has 0 spiro atoms. The van der Waals surface area contributed by atoms with Gasteiger partial charge in [-0.1, -0.05) is 15.9 Å². The van der Waals surface area contributed by atoms with Crippen LogP contribution in [0.1, 0.15) is 21.5 Å². The Morgan fingerprint density at radius 2 is 1.94 bits per heavy atom. The highest BCUT2D eigenvalue weighted by atomic mass is 79.9. The van der Waals surface area contributed by atoms with Crippen LogP contribution in [0.15, 0.2) is 41.1 Å². The van der Waals surface area contributed by atoms with Crippen molar-refractivity contribution in [3.63, 3.8) is 0 Å². The molecule has 0 bridgehead atoms. The first-order chi connectivity index (χ1) is 8.06. The van der Waals surface area contributed by atoms with Gasteiger partial charge in [-0.3, -0.25) is 9.78 Å². The third-order valence-corrected chi connectivity index (χ3v) is 2.78. The summed E-state index contributed by atoms with van der Waals surface area (Å²) < 4.78 is 0.793. The number of hydrogen-bond donors (Lipinski definition) is 1. The Balaban J connectivity index is 2.43. The zero-order valence-corrected chi connectivity index (χ0v) is 10.9. The van der Waals surface area contributed by atoms with Gasteiger partial charge < -0.3 is 5.73 Å². The Kier molecular flexibility index (Phi) is 3.24. The van der Waals surface area contributed by atoms with Crippen LogP contribution in [-0.2, 0) is 0 Å². The standard InChI is InChI=1S/C13H11BrN2O/c1-8-2-10(7-16-6-8)13(17)9-3-11(14)5-12(15)4-9/h2-7H,15H2,1H3. The molecule has 3 nitrogen and oxygen atoms in total. The summed E-state index contributed by atoms with van der Waals surface area (Å²) in [6.07, 6.45) is 3.28. The van der Waals surface area contributed by atoms with E-state index in [1.54, 1.807) is 30.6 Å². The van der Waals surface area contributed by atoms with Gasteiger partial charge >= 0.3 is 0 Å². The fourth-order valence-corrected chi connectivity index (χ4v) is 2.10. The Bertz CT molecular complexity index is 561. The maximum atomic E-state index is 12.2. The molecule has 0 saturated heterocycles. The fraction of sp³-hybridized carbons (Fsp3) is 0.0769. The molecule has 0 radical (unpaired) electrons. The normalized spacial score (nSPS) is 10.2. The molecule has 2 N–H and O–H groups in total. The minimum Gasteiger partial charge on any atom is -0.399 e. The minimum atomic E-state index is -0.0748.